The van der Waals surface area contributed by atoms with Crippen molar-refractivity contribution >= 4 is 29.5 Å². The number of hydrogen-bond acceptors (Lipinski definition) is 7. The molecule has 140 valence electrons. The first-order valence-corrected chi connectivity index (χ1v) is 9.32. The molecule has 0 radical (unpaired) electrons. The maximum absolute atomic E-state index is 12.2. The number of benzene rings is 2. The number of carbonyl (C=O) groups is 3. The molecule has 0 bridgehead atoms. The van der Waals surface area contributed by atoms with Crippen LogP contribution in [0.15, 0.2) is 53.7 Å². The Hall–Kier alpha value is -3.46. The fraction of sp³-hybridized carbons (Fsp3) is 0.105. The molecule has 2 amide bonds. The van der Waals surface area contributed by atoms with Crippen LogP contribution < -0.4 is 0 Å². The van der Waals surface area contributed by atoms with Crippen LogP contribution in [-0.4, -0.2) is 43.8 Å². The molecule has 2 aromatic carbocycles. The summed E-state index contributed by atoms with van der Waals surface area (Å²) in [6.45, 7) is 1.99. The first-order chi connectivity index (χ1) is 13.5. The Kier molecular flexibility index (Phi) is 4.66. The molecule has 0 aliphatic carbocycles. The minimum atomic E-state index is -0.749. The van der Waals surface area contributed by atoms with Gasteiger partial charge in [0.2, 0.25) is 5.16 Å². The number of imide groups is 1. The third-order valence-corrected chi connectivity index (χ3v) is 4.88. The minimum Gasteiger partial charge on any atom is -0.329 e. The molecule has 0 fully saturated rings. The molecule has 1 aliphatic heterocycles. The first kappa shape index (κ1) is 17.9. The van der Waals surface area contributed by atoms with Gasteiger partial charge in [-0.25, -0.2) is 9.78 Å². The van der Waals surface area contributed by atoms with Crippen molar-refractivity contribution in [2.45, 2.75) is 12.1 Å². The van der Waals surface area contributed by atoms with E-state index in [9.17, 15) is 14.4 Å². The van der Waals surface area contributed by atoms with E-state index in [1.54, 1.807) is 12.1 Å². The number of nitrogens with one attached hydrogen (secondary N) is 1. The lowest BCUT2D eigenvalue weighted by Crippen LogP contribution is -2.33. The molecule has 2 heterocycles. The zero-order valence-corrected chi connectivity index (χ0v) is 15.5. The van der Waals surface area contributed by atoms with E-state index in [4.69, 9.17) is 4.84 Å². The van der Waals surface area contributed by atoms with Crippen LogP contribution in [0.4, 0.5) is 0 Å². The van der Waals surface area contributed by atoms with Gasteiger partial charge in [0.25, 0.3) is 11.8 Å². The summed E-state index contributed by atoms with van der Waals surface area (Å²) >= 11 is 1.04. The molecular weight excluding hydrogens is 380 g/mol. The van der Waals surface area contributed by atoms with Gasteiger partial charge in [-0.05, 0) is 19.1 Å². The van der Waals surface area contributed by atoms with Crippen molar-refractivity contribution in [3.63, 3.8) is 0 Å². The van der Waals surface area contributed by atoms with E-state index in [1.165, 1.54) is 12.1 Å². The van der Waals surface area contributed by atoms with Crippen LogP contribution >= 0.6 is 11.8 Å². The zero-order valence-electron chi connectivity index (χ0n) is 14.7. The van der Waals surface area contributed by atoms with Crippen molar-refractivity contribution in [2.75, 3.05) is 5.75 Å². The summed E-state index contributed by atoms with van der Waals surface area (Å²) in [5, 5.41) is 7.71. The topological polar surface area (TPSA) is 105 Å². The molecule has 0 spiro atoms. The predicted molar refractivity (Wildman–Crippen MR) is 100 cm³/mol. The van der Waals surface area contributed by atoms with Gasteiger partial charge in [0.1, 0.15) is 5.75 Å². The molecule has 0 atom stereocenters. The summed E-state index contributed by atoms with van der Waals surface area (Å²) in [6, 6.07) is 14.1. The molecule has 9 heteroatoms. The van der Waals surface area contributed by atoms with Crippen LogP contribution in [0.5, 0.6) is 0 Å². The number of thioether (sulfide) groups is 1. The van der Waals surface area contributed by atoms with E-state index in [0.29, 0.717) is 16.0 Å². The Morgan fingerprint density at radius 3 is 2.36 bits per heavy atom. The number of aryl methyl sites for hydroxylation is 1. The maximum Gasteiger partial charge on any atom is 0.343 e. The largest absolute Gasteiger partial charge is 0.343 e. The Bertz CT molecular complexity index is 1040. The number of aromatic nitrogens is 3. The summed E-state index contributed by atoms with van der Waals surface area (Å²) in [6.07, 6.45) is 0. The monoisotopic (exact) mass is 394 g/mol. The number of rotatable bonds is 5. The van der Waals surface area contributed by atoms with Gasteiger partial charge in [0.05, 0.1) is 11.1 Å². The van der Waals surface area contributed by atoms with E-state index in [-0.39, 0.29) is 16.9 Å². The van der Waals surface area contributed by atoms with Crippen molar-refractivity contribution in [3.8, 4) is 11.4 Å². The number of hydroxylamine groups is 2. The average molecular weight is 394 g/mol. The standard InChI is InChI=1S/C19H14N4O4S/c1-11-6-8-12(9-7-11)16-20-19(22-21-16)28-10-15(24)27-23-17(25)13-4-2-3-5-14(13)18(23)26/h2-9H,10H2,1H3,(H,20,21,22). The number of amides is 2. The minimum absolute atomic E-state index is 0.154. The fourth-order valence-corrected chi connectivity index (χ4v) is 3.22. The fourth-order valence-electron chi connectivity index (χ4n) is 2.65. The molecular formula is C19H14N4O4S. The van der Waals surface area contributed by atoms with E-state index in [0.717, 1.165) is 22.9 Å². The Morgan fingerprint density at radius 2 is 1.71 bits per heavy atom. The Labute approximate surface area is 163 Å². The van der Waals surface area contributed by atoms with Crippen LogP contribution in [0.1, 0.15) is 26.3 Å². The van der Waals surface area contributed by atoms with Crippen molar-refractivity contribution < 1.29 is 19.2 Å². The highest BCUT2D eigenvalue weighted by Gasteiger charge is 2.38. The second kappa shape index (κ2) is 7.28. The highest BCUT2D eigenvalue weighted by molar-refractivity contribution is 7.99. The lowest BCUT2D eigenvalue weighted by atomic mass is 10.1. The van der Waals surface area contributed by atoms with Gasteiger partial charge in [-0.2, -0.15) is 0 Å². The molecule has 0 unspecified atom stereocenters. The molecule has 1 aliphatic rings. The van der Waals surface area contributed by atoms with Gasteiger partial charge in [0, 0.05) is 5.56 Å². The van der Waals surface area contributed by atoms with Crippen molar-refractivity contribution in [2.24, 2.45) is 0 Å². The molecule has 0 saturated carbocycles. The van der Waals surface area contributed by atoms with E-state index in [2.05, 4.69) is 15.2 Å². The van der Waals surface area contributed by atoms with Crippen LogP contribution in [0.25, 0.3) is 11.4 Å². The summed E-state index contributed by atoms with van der Waals surface area (Å²) in [5.74, 6) is -1.63. The van der Waals surface area contributed by atoms with Crippen LogP contribution in [-0.2, 0) is 9.63 Å². The molecule has 3 aromatic rings. The van der Waals surface area contributed by atoms with Gasteiger partial charge in [-0.3, -0.25) is 14.7 Å². The van der Waals surface area contributed by atoms with Crippen LogP contribution in [0, 0.1) is 6.92 Å². The second-order valence-corrected chi connectivity index (χ2v) is 6.98. The summed E-state index contributed by atoms with van der Waals surface area (Å²) in [4.78, 5) is 45.7. The number of H-pyrrole nitrogens is 1. The Balaban J connectivity index is 1.36. The number of hydrogen-bond donors (Lipinski definition) is 1. The quantitative estimate of drug-likeness (QED) is 0.524. The van der Waals surface area contributed by atoms with Gasteiger partial charge < -0.3 is 4.84 Å². The number of nitrogens with zero attached hydrogens (tertiary/aromatic N) is 3. The zero-order chi connectivity index (χ0) is 19.7. The lowest BCUT2D eigenvalue weighted by Gasteiger charge is -2.11. The summed E-state index contributed by atoms with van der Waals surface area (Å²) in [5.41, 5.74) is 2.43. The molecule has 0 saturated heterocycles. The maximum atomic E-state index is 12.2. The molecule has 1 N–H and O–H groups in total. The van der Waals surface area contributed by atoms with Crippen LogP contribution in [0.2, 0.25) is 0 Å². The molecule has 1 aromatic heterocycles. The van der Waals surface area contributed by atoms with Gasteiger partial charge in [-0.1, -0.05) is 58.8 Å². The number of aromatic amines is 1. The highest BCUT2D eigenvalue weighted by atomic mass is 32.2. The van der Waals surface area contributed by atoms with Crippen molar-refractivity contribution in [1.29, 1.82) is 0 Å². The average Bonchev–Trinajstić information content (AvgIpc) is 3.27. The summed E-state index contributed by atoms with van der Waals surface area (Å²) < 4.78 is 0. The third-order valence-electron chi connectivity index (χ3n) is 4.06. The van der Waals surface area contributed by atoms with E-state index >= 15 is 0 Å². The van der Waals surface area contributed by atoms with Crippen molar-refractivity contribution in [1.82, 2.24) is 20.2 Å². The smallest absolute Gasteiger partial charge is 0.329 e. The van der Waals surface area contributed by atoms with E-state index < -0.39 is 17.8 Å². The van der Waals surface area contributed by atoms with E-state index in [1.807, 2.05) is 31.2 Å². The lowest BCUT2D eigenvalue weighted by molar-refractivity contribution is -0.165. The second-order valence-electron chi connectivity index (χ2n) is 6.03. The highest BCUT2D eigenvalue weighted by Crippen LogP contribution is 2.24. The van der Waals surface area contributed by atoms with Crippen molar-refractivity contribution in [3.05, 3.63) is 65.2 Å². The Morgan fingerprint density at radius 1 is 1.07 bits per heavy atom. The SMILES string of the molecule is Cc1ccc(-c2nc(SCC(=O)ON3C(=O)c4ccccc4C3=O)n[nH]2)cc1. The summed E-state index contributed by atoms with van der Waals surface area (Å²) in [7, 11) is 0. The van der Waals surface area contributed by atoms with Gasteiger partial charge >= 0.3 is 5.97 Å². The number of fused-ring (bicyclic) bond motifs is 1. The van der Waals surface area contributed by atoms with Gasteiger partial charge in [-0.15, -0.1) is 5.10 Å². The molecule has 8 nitrogen and oxygen atoms in total. The molecule has 28 heavy (non-hydrogen) atoms. The number of carbonyl (C=O) groups excluding carboxylic acids is 3. The first-order valence-electron chi connectivity index (χ1n) is 8.34. The van der Waals surface area contributed by atoms with Crippen LogP contribution in [0.3, 0.4) is 0 Å². The molecule has 4 rings (SSSR count). The predicted octanol–water partition coefficient (Wildman–Crippen LogP) is 2.63. The third kappa shape index (κ3) is 3.39. The van der Waals surface area contributed by atoms with Gasteiger partial charge in [0.15, 0.2) is 5.82 Å². The normalized spacial score (nSPS) is 13.0.